The first kappa shape index (κ1) is 25.4. The normalized spacial score (nSPS) is 12.3. The zero-order chi connectivity index (χ0) is 18.8. The minimum absolute atomic E-state index is 0.0198. The summed E-state index contributed by atoms with van der Waals surface area (Å²) in [5.74, 6) is -0.306. The van der Waals surface area contributed by atoms with E-state index < -0.39 is 0 Å². The lowest BCUT2D eigenvalue weighted by Gasteiger charge is -2.11. The Labute approximate surface area is 175 Å². The quantitative estimate of drug-likeness (QED) is 0.0651. The molecule has 0 aliphatic heterocycles. The number of alkyl halides is 2. The van der Waals surface area contributed by atoms with Crippen LogP contribution >= 0.6 is 31.9 Å². The third-order valence-electron chi connectivity index (χ3n) is 4.32. The van der Waals surface area contributed by atoms with Gasteiger partial charge < -0.3 is 4.74 Å². The van der Waals surface area contributed by atoms with Gasteiger partial charge in [-0.05, 0) is 19.8 Å². The Morgan fingerprint density at radius 1 is 0.920 bits per heavy atom. The molecule has 0 heterocycles. The van der Waals surface area contributed by atoms with Crippen molar-refractivity contribution < 1.29 is 9.53 Å². The number of esters is 1. The Morgan fingerprint density at radius 3 is 1.80 bits per heavy atom. The molecule has 0 saturated carbocycles. The summed E-state index contributed by atoms with van der Waals surface area (Å²) in [5.41, 5.74) is 0. The summed E-state index contributed by atoms with van der Waals surface area (Å²) in [6.45, 7) is 5.38. The minimum atomic E-state index is -0.306. The van der Waals surface area contributed by atoms with Crippen molar-refractivity contribution in [1.29, 1.82) is 0 Å². The Kier molecular flexibility index (Phi) is 19.5. The van der Waals surface area contributed by atoms with Crippen molar-refractivity contribution in [3.05, 3.63) is 12.7 Å². The molecule has 2 nitrogen and oxygen atoms in total. The van der Waals surface area contributed by atoms with Gasteiger partial charge in [0.05, 0.1) is 19.0 Å². The molecule has 0 aromatic carbocycles. The first-order valence-electron chi connectivity index (χ1n) is 9.91. The fourth-order valence-corrected chi connectivity index (χ4v) is 4.89. The molecule has 0 saturated heterocycles. The average Bonchev–Trinajstić information content (AvgIpc) is 2.57. The van der Waals surface area contributed by atoms with Crippen LogP contribution in [-0.2, 0) is 9.53 Å². The van der Waals surface area contributed by atoms with Crippen LogP contribution in [0.3, 0.4) is 0 Å². The number of unbranched alkanes of at least 4 members (excludes halogenated alkanes) is 11. The molecule has 0 aromatic rings. The molecule has 146 valence electrons. The highest BCUT2D eigenvalue weighted by atomic mass is 79.9. The maximum Gasteiger partial charge on any atom is 0.330 e. The van der Waals surface area contributed by atoms with Gasteiger partial charge >= 0.3 is 5.97 Å². The Balaban J connectivity index is 3.14. The number of carbonyl (C=O) groups is 1. The second kappa shape index (κ2) is 19.2. The number of rotatable bonds is 18. The topological polar surface area (TPSA) is 26.3 Å². The van der Waals surface area contributed by atoms with E-state index in [4.69, 9.17) is 4.74 Å². The minimum Gasteiger partial charge on any atom is -0.460 e. The van der Waals surface area contributed by atoms with E-state index in [1.807, 2.05) is 6.92 Å². The summed E-state index contributed by atoms with van der Waals surface area (Å²) in [6, 6.07) is 1.36. The second-order valence-electron chi connectivity index (χ2n) is 6.74. The Bertz CT molecular complexity index is 325. The van der Waals surface area contributed by atoms with Crippen molar-refractivity contribution >= 4 is 47.3 Å². The molecule has 2 radical (unpaired) electrons. The van der Waals surface area contributed by atoms with Crippen molar-refractivity contribution in [2.45, 2.75) is 106 Å². The summed E-state index contributed by atoms with van der Waals surface area (Å²) in [7, 11) is 1.00. The van der Waals surface area contributed by atoms with E-state index in [2.05, 4.69) is 38.4 Å². The van der Waals surface area contributed by atoms with Gasteiger partial charge in [0.1, 0.15) is 0 Å². The molecular weight excluding hydrogens is 460 g/mol. The summed E-state index contributed by atoms with van der Waals surface area (Å²) in [4.78, 5) is 11.1. The molecule has 5 heteroatoms. The van der Waals surface area contributed by atoms with Crippen molar-refractivity contribution in [2.75, 3.05) is 0 Å². The van der Waals surface area contributed by atoms with Gasteiger partial charge in [-0.15, -0.1) is 0 Å². The number of hydrogen-bond acceptors (Lipinski definition) is 2. The molecule has 0 aromatic heterocycles. The van der Waals surface area contributed by atoms with E-state index in [0.29, 0.717) is 3.36 Å². The van der Waals surface area contributed by atoms with Gasteiger partial charge in [-0.1, -0.05) is 115 Å². The highest BCUT2D eigenvalue weighted by Crippen LogP contribution is 2.15. The van der Waals surface area contributed by atoms with Crippen LogP contribution in [0.15, 0.2) is 12.7 Å². The predicted octanol–water partition coefficient (Wildman–Crippen LogP) is 7.37. The number of hydrogen-bond donors (Lipinski definition) is 0. The highest BCUT2D eigenvalue weighted by molar-refractivity contribution is 9.25. The fraction of sp³-hybridized carbons (Fsp3) is 0.850. The lowest BCUT2D eigenvalue weighted by atomic mass is 10.0. The molecule has 0 aliphatic carbocycles. The molecule has 0 spiro atoms. The number of halogens is 2. The van der Waals surface area contributed by atoms with Gasteiger partial charge in [0.15, 0.2) is 0 Å². The largest absolute Gasteiger partial charge is 0.460 e. The SMILES string of the molecule is C=CC(=O)OC(C)CCCCCCCCCCCCCC[Si]C(Br)Br. The van der Waals surface area contributed by atoms with Gasteiger partial charge in [0, 0.05) is 6.08 Å². The standard InChI is InChI=1S/C20H36Br2O2Si/c1-3-19(23)24-18(2)16-14-12-10-8-6-4-5-7-9-11-13-15-17-25-20(21)22/h3,18,20H,1,4-17H2,2H3. The molecule has 1 atom stereocenters. The molecule has 0 aliphatic rings. The van der Waals surface area contributed by atoms with Crippen molar-refractivity contribution in [3.8, 4) is 0 Å². The maximum absolute atomic E-state index is 11.1. The monoisotopic (exact) mass is 494 g/mol. The average molecular weight is 496 g/mol. The Morgan fingerprint density at radius 2 is 1.36 bits per heavy atom. The molecular formula is C20H36Br2O2Si. The van der Waals surface area contributed by atoms with Crippen molar-refractivity contribution in [3.63, 3.8) is 0 Å². The van der Waals surface area contributed by atoms with E-state index in [1.165, 1.54) is 82.7 Å². The van der Waals surface area contributed by atoms with E-state index in [-0.39, 0.29) is 12.1 Å². The Hall–Kier alpha value is 0.387. The molecule has 0 rings (SSSR count). The van der Waals surface area contributed by atoms with Crippen molar-refractivity contribution in [1.82, 2.24) is 0 Å². The second-order valence-corrected chi connectivity index (χ2v) is 13.0. The van der Waals surface area contributed by atoms with Crippen LogP contribution in [0.1, 0.15) is 90.4 Å². The predicted molar refractivity (Wildman–Crippen MR) is 118 cm³/mol. The zero-order valence-electron chi connectivity index (χ0n) is 15.9. The summed E-state index contributed by atoms with van der Waals surface area (Å²) < 4.78 is 5.69. The molecule has 0 fully saturated rings. The zero-order valence-corrected chi connectivity index (χ0v) is 20.1. The lowest BCUT2D eigenvalue weighted by Crippen LogP contribution is -2.12. The van der Waals surface area contributed by atoms with Crippen molar-refractivity contribution in [2.24, 2.45) is 0 Å². The summed E-state index contributed by atoms with van der Waals surface area (Å²) in [5, 5.41) is 0. The van der Waals surface area contributed by atoms with Crippen LogP contribution in [0.2, 0.25) is 6.04 Å². The molecule has 0 N–H and O–H groups in total. The van der Waals surface area contributed by atoms with Gasteiger partial charge in [-0.25, -0.2) is 4.79 Å². The molecule has 0 bridgehead atoms. The van der Waals surface area contributed by atoms with E-state index in [9.17, 15) is 4.79 Å². The van der Waals surface area contributed by atoms with Crippen LogP contribution in [0.25, 0.3) is 0 Å². The molecule has 0 amide bonds. The van der Waals surface area contributed by atoms with Crippen LogP contribution in [0.5, 0.6) is 0 Å². The number of ether oxygens (including phenoxy) is 1. The van der Waals surface area contributed by atoms with E-state index in [1.54, 1.807) is 0 Å². The third-order valence-corrected chi connectivity index (χ3v) is 7.21. The number of carbonyl (C=O) groups excluding carboxylic acids is 1. The maximum atomic E-state index is 11.1. The third kappa shape index (κ3) is 20.6. The highest BCUT2D eigenvalue weighted by Gasteiger charge is 2.05. The fourth-order valence-electron chi connectivity index (χ4n) is 2.84. The molecule has 25 heavy (non-hydrogen) atoms. The van der Waals surface area contributed by atoms with Crippen LogP contribution in [-0.4, -0.2) is 25.0 Å². The summed E-state index contributed by atoms with van der Waals surface area (Å²) in [6.07, 6.45) is 18.5. The van der Waals surface area contributed by atoms with Gasteiger partial charge in [0.2, 0.25) is 0 Å². The van der Waals surface area contributed by atoms with E-state index in [0.717, 1.165) is 22.4 Å². The van der Waals surface area contributed by atoms with Gasteiger partial charge in [-0.3, -0.25) is 0 Å². The molecule has 1 unspecified atom stereocenters. The summed E-state index contributed by atoms with van der Waals surface area (Å²) >= 11 is 7.07. The van der Waals surface area contributed by atoms with Crippen LogP contribution in [0.4, 0.5) is 0 Å². The van der Waals surface area contributed by atoms with Crippen LogP contribution < -0.4 is 0 Å². The van der Waals surface area contributed by atoms with Gasteiger partial charge in [-0.2, -0.15) is 0 Å². The van der Waals surface area contributed by atoms with Gasteiger partial charge in [0.25, 0.3) is 0 Å². The first-order valence-corrected chi connectivity index (χ1v) is 13.0. The first-order chi connectivity index (χ1) is 12.1. The lowest BCUT2D eigenvalue weighted by molar-refractivity contribution is -0.142. The van der Waals surface area contributed by atoms with E-state index >= 15 is 0 Å². The van der Waals surface area contributed by atoms with Crippen LogP contribution in [0, 0.1) is 0 Å². The smallest absolute Gasteiger partial charge is 0.330 e.